The third-order valence-electron chi connectivity index (χ3n) is 5.01. The average molecular weight is 314 g/mol. The molecule has 0 aromatic carbocycles. The van der Waals surface area contributed by atoms with Crippen molar-refractivity contribution in [2.75, 3.05) is 24.6 Å². The summed E-state index contributed by atoms with van der Waals surface area (Å²) in [7, 11) is -2.79. The molecule has 0 aromatic rings. The largest absolute Gasteiger partial charge is 0.342 e. The molecule has 21 heavy (non-hydrogen) atoms. The van der Waals surface area contributed by atoms with Gasteiger partial charge in [-0.2, -0.15) is 0 Å². The molecule has 2 heterocycles. The van der Waals surface area contributed by atoms with Gasteiger partial charge in [-0.05, 0) is 44.4 Å². The molecule has 1 N–H and O–H groups in total. The van der Waals surface area contributed by atoms with E-state index in [1.165, 1.54) is 12.8 Å². The van der Waals surface area contributed by atoms with Gasteiger partial charge in [-0.15, -0.1) is 0 Å². The van der Waals surface area contributed by atoms with Gasteiger partial charge in [0.15, 0.2) is 0 Å². The zero-order valence-electron chi connectivity index (χ0n) is 12.6. The minimum Gasteiger partial charge on any atom is -0.342 e. The van der Waals surface area contributed by atoms with E-state index in [-0.39, 0.29) is 0 Å². The van der Waals surface area contributed by atoms with E-state index in [0.717, 1.165) is 44.7 Å². The van der Waals surface area contributed by atoms with E-state index in [1.54, 1.807) is 0 Å². The molecular formula is C15H26N2O3S. The zero-order valence-corrected chi connectivity index (χ0v) is 13.4. The quantitative estimate of drug-likeness (QED) is 0.839. The third-order valence-corrected chi connectivity index (χ3v) is 6.72. The Kier molecular flexibility index (Phi) is 4.54. The van der Waals surface area contributed by atoms with Gasteiger partial charge < -0.3 is 10.2 Å². The van der Waals surface area contributed by atoms with Crippen LogP contribution in [0.2, 0.25) is 0 Å². The fraction of sp³-hybridized carbons (Fsp3) is 0.933. The second kappa shape index (κ2) is 6.24. The first-order valence-corrected chi connectivity index (χ1v) is 10.1. The molecule has 0 unspecified atom stereocenters. The van der Waals surface area contributed by atoms with Gasteiger partial charge in [-0.25, -0.2) is 8.42 Å². The summed E-state index contributed by atoms with van der Waals surface area (Å²) in [6.45, 7) is 1.81. The third kappa shape index (κ3) is 4.42. The predicted molar refractivity (Wildman–Crippen MR) is 81.8 cm³/mol. The van der Waals surface area contributed by atoms with E-state index in [2.05, 4.69) is 5.32 Å². The van der Waals surface area contributed by atoms with Gasteiger partial charge >= 0.3 is 0 Å². The summed E-state index contributed by atoms with van der Waals surface area (Å²) in [5.41, 5.74) is 0. The first-order chi connectivity index (χ1) is 10.0. The Morgan fingerprint density at radius 2 is 1.67 bits per heavy atom. The molecule has 5 nitrogen and oxygen atoms in total. The first kappa shape index (κ1) is 15.3. The van der Waals surface area contributed by atoms with Gasteiger partial charge in [-0.3, -0.25) is 4.79 Å². The number of nitrogens with one attached hydrogen (secondary N) is 1. The second-order valence-corrected chi connectivity index (χ2v) is 9.20. The molecule has 0 radical (unpaired) electrons. The maximum atomic E-state index is 12.1. The molecule has 2 saturated heterocycles. The van der Waals surface area contributed by atoms with E-state index in [9.17, 15) is 13.2 Å². The maximum absolute atomic E-state index is 12.1. The molecule has 120 valence electrons. The van der Waals surface area contributed by atoms with Crippen LogP contribution in [0.25, 0.3) is 0 Å². The van der Waals surface area contributed by atoms with Crippen molar-refractivity contribution in [2.45, 2.75) is 57.0 Å². The molecule has 1 atom stereocenters. The minimum atomic E-state index is -2.79. The van der Waals surface area contributed by atoms with Gasteiger partial charge in [-0.1, -0.05) is 0 Å². The topological polar surface area (TPSA) is 66.5 Å². The van der Waals surface area contributed by atoms with Crippen LogP contribution in [0.3, 0.4) is 0 Å². The van der Waals surface area contributed by atoms with Crippen LogP contribution in [-0.2, 0) is 14.6 Å². The minimum absolute atomic E-state index is 0.303. The van der Waals surface area contributed by atoms with Crippen molar-refractivity contribution in [3.05, 3.63) is 0 Å². The van der Waals surface area contributed by atoms with Crippen LogP contribution in [0, 0.1) is 5.92 Å². The van der Waals surface area contributed by atoms with Crippen LogP contribution in [0.5, 0.6) is 0 Å². The number of amides is 1. The number of carbonyl (C=O) groups is 1. The normalized spacial score (nSPS) is 31.1. The van der Waals surface area contributed by atoms with Crippen molar-refractivity contribution in [3.8, 4) is 0 Å². The number of rotatable bonds is 4. The molecule has 3 fully saturated rings. The summed E-state index contributed by atoms with van der Waals surface area (Å²) >= 11 is 0. The van der Waals surface area contributed by atoms with Crippen LogP contribution >= 0.6 is 0 Å². The van der Waals surface area contributed by atoms with E-state index >= 15 is 0 Å². The van der Waals surface area contributed by atoms with E-state index in [1.807, 2.05) is 4.90 Å². The Morgan fingerprint density at radius 1 is 1.00 bits per heavy atom. The van der Waals surface area contributed by atoms with Gasteiger partial charge in [0.05, 0.1) is 11.5 Å². The lowest BCUT2D eigenvalue weighted by atomic mass is 10.1. The van der Waals surface area contributed by atoms with Crippen molar-refractivity contribution in [1.29, 1.82) is 0 Å². The highest BCUT2D eigenvalue weighted by molar-refractivity contribution is 7.91. The Morgan fingerprint density at radius 3 is 2.33 bits per heavy atom. The maximum Gasteiger partial charge on any atom is 0.222 e. The number of nitrogens with zero attached hydrogens (tertiary/aromatic N) is 1. The summed E-state index contributed by atoms with van der Waals surface area (Å²) in [6, 6.07) is 0.674. The van der Waals surface area contributed by atoms with Crippen molar-refractivity contribution < 1.29 is 13.2 Å². The lowest BCUT2D eigenvalue weighted by molar-refractivity contribution is -0.130. The Labute approximate surface area is 127 Å². The van der Waals surface area contributed by atoms with Crippen LogP contribution < -0.4 is 5.32 Å². The van der Waals surface area contributed by atoms with Gasteiger partial charge in [0.2, 0.25) is 5.91 Å². The molecule has 1 amide bonds. The molecular weight excluding hydrogens is 288 g/mol. The van der Waals surface area contributed by atoms with Crippen molar-refractivity contribution in [2.24, 2.45) is 5.92 Å². The van der Waals surface area contributed by atoms with Crippen LogP contribution in [-0.4, -0.2) is 55.9 Å². The van der Waals surface area contributed by atoms with Crippen molar-refractivity contribution in [3.63, 3.8) is 0 Å². The molecule has 3 rings (SSSR count). The highest BCUT2D eigenvalue weighted by Crippen LogP contribution is 2.30. The molecule has 0 spiro atoms. The smallest absolute Gasteiger partial charge is 0.222 e. The van der Waals surface area contributed by atoms with Gasteiger partial charge in [0.1, 0.15) is 9.84 Å². The molecule has 1 saturated carbocycles. The Hall–Kier alpha value is -0.620. The summed E-state index contributed by atoms with van der Waals surface area (Å²) in [5, 5.41) is 3.60. The summed E-state index contributed by atoms with van der Waals surface area (Å²) < 4.78 is 22.9. The molecule has 0 bridgehead atoms. The molecule has 6 heteroatoms. The van der Waals surface area contributed by atoms with E-state index in [0.29, 0.717) is 35.9 Å². The Bertz CT molecular complexity index is 473. The first-order valence-electron chi connectivity index (χ1n) is 8.26. The van der Waals surface area contributed by atoms with Gasteiger partial charge in [0.25, 0.3) is 0 Å². The fourth-order valence-electron chi connectivity index (χ4n) is 3.40. The van der Waals surface area contributed by atoms with Crippen molar-refractivity contribution in [1.82, 2.24) is 10.2 Å². The van der Waals surface area contributed by atoms with E-state index in [4.69, 9.17) is 0 Å². The SMILES string of the molecule is O=C1CC[C@@H](NC2CCS(=O)(=O)CC2)CCN1CC1CC1. The molecule has 1 aliphatic carbocycles. The molecule has 3 aliphatic rings. The molecule has 2 aliphatic heterocycles. The highest BCUT2D eigenvalue weighted by Gasteiger charge is 2.30. The van der Waals surface area contributed by atoms with Crippen LogP contribution in [0.15, 0.2) is 0 Å². The summed E-state index contributed by atoms with van der Waals surface area (Å²) in [5.74, 6) is 1.67. The van der Waals surface area contributed by atoms with Crippen LogP contribution in [0.1, 0.15) is 44.9 Å². The lowest BCUT2D eigenvalue weighted by Crippen LogP contribution is -2.43. The average Bonchev–Trinajstić information content (AvgIpc) is 3.26. The standard InChI is InChI=1S/C15H26N2O3S/c18-15-4-3-13(5-8-17(15)11-12-1-2-12)16-14-6-9-21(19,20)10-7-14/h12-14,16H,1-11H2/t13-/m1/s1. The van der Waals surface area contributed by atoms with Crippen molar-refractivity contribution >= 4 is 15.7 Å². The zero-order chi connectivity index (χ0) is 14.9. The second-order valence-electron chi connectivity index (χ2n) is 6.90. The fourth-order valence-corrected chi connectivity index (χ4v) is 4.89. The van der Waals surface area contributed by atoms with Crippen LogP contribution in [0.4, 0.5) is 0 Å². The highest BCUT2D eigenvalue weighted by atomic mass is 32.2. The number of likely N-dealkylation sites (tertiary alicyclic amines) is 1. The van der Waals surface area contributed by atoms with Gasteiger partial charge in [0, 0.05) is 31.6 Å². The van der Waals surface area contributed by atoms with E-state index < -0.39 is 9.84 Å². The summed E-state index contributed by atoms with van der Waals surface area (Å²) in [6.07, 6.45) is 6.53. The number of carbonyl (C=O) groups excluding carboxylic acids is 1. The molecule has 0 aromatic heterocycles. The number of hydrogen-bond donors (Lipinski definition) is 1. The monoisotopic (exact) mass is 314 g/mol. The predicted octanol–water partition coefficient (Wildman–Crippen LogP) is 0.944. The number of hydrogen-bond acceptors (Lipinski definition) is 4. The lowest BCUT2D eigenvalue weighted by Gasteiger charge is -2.28. The Balaban J connectivity index is 1.47. The number of sulfone groups is 1. The summed E-state index contributed by atoms with van der Waals surface area (Å²) in [4.78, 5) is 14.2.